The second-order valence-corrected chi connectivity index (χ2v) is 6.05. The van der Waals surface area contributed by atoms with Gasteiger partial charge in [-0.05, 0) is 39.0 Å². The van der Waals surface area contributed by atoms with Crippen LogP contribution in [0.15, 0.2) is 41.0 Å². The van der Waals surface area contributed by atoms with E-state index in [1.807, 2.05) is 32.0 Å². The van der Waals surface area contributed by atoms with Gasteiger partial charge in [0.25, 0.3) is 0 Å². The van der Waals surface area contributed by atoms with Gasteiger partial charge in [-0.2, -0.15) is 0 Å². The molecule has 24 heavy (non-hydrogen) atoms. The highest BCUT2D eigenvalue weighted by Gasteiger charge is 2.27. The molecule has 2 amide bonds. The molecule has 0 aliphatic rings. The largest absolute Gasteiger partial charge is 0.496 e. The fourth-order valence-electron chi connectivity index (χ4n) is 2.44. The zero-order valence-electron chi connectivity index (χ0n) is 14.4. The minimum absolute atomic E-state index is 0.0318. The summed E-state index contributed by atoms with van der Waals surface area (Å²) in [6.45, 7) is 5.47. The molecule has 2 aromatic rings. The normalized spacial score (nSPS) is 14.5. The van der Waals surface area contributed by atoms with Crippen LogP contribution in [-0.4, -0.2) is 24.8 Å². The van der Waals surface area contributed by atoms with Crippen molar-refractivity contribution in [2.75, 3.05) is 13.7 Å². The van der Waals surface area contributed by atoms with Crippen molar-refractivity contribution in [1.82, 2.24) is 10.6 Å². The Balaban J connectivity index is 1.96. The second kappa shape index (κ2) is 7.40. The topological polar surface area (TPSA) is 83.7 Å². The highest BCUT2D eigenvalue weighted by Crippen LogP contribution is 2.26. The van der Waals surface area contributed by atoms with E-state index in [2.05, 4.69) is 10.6 Å². The number of benzene rings is 1. The van der Waals surface area contributed by atoms with Crippen molar-refractivity contribution >= 4 is 6.03 Å². The predicted octanol–water partition coefficient (Wildman–Crippen LogP) is 2.86. The molecule has 0 saturated heterocycles. The van der Waals surface area contributed by atoms with Crippen LogP contribution in [0.2, 0.25) is 0 Å². The lowest BCUT2D eigenvalue weighted by molar-refractivity contribution is 0.0366. The maximum Gasteiger partial charge on any atom is 0.315 e. The van der Waals surface area contributed by atoms with Crippen molar-refractivity contribution in [2.45, 2.75) is 32.4 Å². The molecule has 0 bridgehead atoms. The summed E-state index contributed by atoms with van der Waals surface area (Å²) in [7, 11) is 1.60. The summed E-state index contributed by atoms with van der Waals surface area (Å²) < 4.78 is 10.5. The number of carbonyl (C=O) groups excluding carboxylic acids is 1. The number of hydrogen-bond donors (Lipinski definition) is 3. The molecular formula is C18H24N2O4. The quantitative estimate of drug-likeness (QED) is 0.759. The van der Waals surface area contributed by atoms with E-state index >= 15 is 0 Å². The van der Waals surface area contributed by atoms with Crippen molar-refractivity contribution in [3.63, 3.8) is 0 Å². The summed E-state index contributed by atoms with van der Waals surface area (Å²) in [6.07, 6.45) is 1.48. The van der Waals surface area contributed by atoms with Gasteiger partial charge in [0.05, 0.1) is 26.0 Å². The number of amides is 2. The fraction of sp³-hybridized carbons (Fsp3) is 0.389. The zero-order chi connectivity index (χ0) is 17.7. The monoisotopic (exact) mass is 332 g/mol. The molecule has 2 rings (SSSR count). The Labute approximate surface area is 141 Å². The van der Waals surface area contributed by atoms with Crippen LogP contribution in [0.25, 0.3) is 0 Å². The fourth-order valence-corrected chi connectivity index (χ4v) is 2.44. The van der Waals surface area contributed by atoms with E-state index < -0.39 is 5.60 Å². The number of carbonyl (C=O) groups is 1. The van der Waals surface area contributed by atoms with Gasteiger partial charge in [0.1, 0.15) is 17.1 Å². The molecule has 2 unspecified atom stereocenters. The van der Waals surface area contributed by atoms with Crippen LogP contribution in [0.5, 0.6) is 5.75 Å². The third-order valence-electron chi connectivity index (χ3n) is 3.84. The number of ether oxygens (including phenoxy) is 1. The molecule has 0 spiro atoms. The number of nitrogens with one attached hydrogen (secondary N) is 2. The van der Waals surface area contributed by atoms with Gasteiger partial charge in [0.2, 0.25) is 0 Å². The number of hydrogen-bond acceptors (Lipinski definition) is 4. The number of furan rings is 1. The molecule has 0 radical (unpaired) electrons. The smallest absolute Gasteiger partial charge is 0.315 e. The third kappa shape index (κ3) is 4.29. The molecule has 1 aromatic carbocycles. The van der Waals surface area contributed by atoms with Gasteiger partial charge in [-0.15, -0.1) is 0 Å². The van der Waals surface area contributed by atoms with Crippen LogP contribution in [-0.2, 0) is 5.60 Å². The van der Waals surface area contributed by atoms with E-state index in [1.54, 1.807) is 26.2 Å². The van der Waals surface area contributed by atoms with E-state index in [0.29, 0.717) is 5.76 Å². The molecule has 6 nitrogen and oxygen atoms in total. The summed E-state index contributed by atoms with van der Waals surface area (Å²) in [5, 5.41) is 15.8. The van der Waals surface area contributed by atoms with Crippen molar-refractivity contribution < 1.29 is 19.1 Å². The summed E-state index contributed by atoms with van der Waals surface area (Å²) in [6, 6.07) is 8.54. The highest BCUT2D eigenvalue weighted by atomic mass is 16.5. The molecule has 6 heteroatoms. The number of methoxy groups -OCH3 is 1. The van der Waals surface area contributed by atoms with Crippen molar-refractivity contribution in [3.8, 4) is 5.75 Å². The van der Waals surface area contributed by atoms with E-state index in [9.17, 15) is 9.90 Å². The predicted molar refractivity (Wildman–Crippen MR) is 91.0 cm³/mol. The van der Waals surface area contributed by atoms with Crippen LogP contribution in [0, 0.1) is 6.92 Å². The highest BCUT2D eigenvalue weighted by molar-refractivity contribution is 5.74. The Kier molecular flexibility index (Phi) is 5.51. The number of aryl methyl sites for hydroxylation is 1. The molecule has 0 fully saturated rings. The minimum Gasteiger partial charge on any atom is -0.496 e. The number of rotatable bonds is 6. The molecule has 130 valence electrons. The van der Waals surface area contributed by atoms with E-state index in [4.69, 9.17) is 9.15 Å². The van der Waals surface area contributed by atoms with E-state index in [0.717, 1.165) is 16.9 Å². The van der Waals surface area contributed by atoms with Crippen molar-refractivity contribution in [2.24, 2.45) is 0 Å². The van der Waals surface area contributed by atoms with Crippen LogP contribution in [0.4, 0.5) is 4.79 Å². The SMILES string of the molecule is COc1ccc(C)cc1C(C)NC(=O)NCC(C)(O)c1ccco1. The molecule has 0 aliphatic heterocycles. The summed E-state index contributed by atoms with van der Waals surface area (Å²) in [5.41, 5.74) is 0.705. The number of aliphatic hydroxyl groups is 1. The van der Waals surface area contributed by atoms with Crippen LogP contribution in [0.1, 0.15) is 36.8 Å². The van der Waals surface area contributed by atoms with Crippen LogP contribution < -0.4 is 15.4 Å². The standard InChI is InChI=1S/C18H24N2O4/c1-12-7-8-15(23-4)14(10-12)13(2)20-17(21)19-11-18(3,22)16-6-5-9-24-16/h5-10,13,22H,11H2,1-4H3,(H2,19,20,21). The van der Waals surface area contributed by atoms with Crippen LogP contribution in [0.3, 0.4) is 0 Å². The first-order chi connectivity index (χ1) is 11.3. The first-order valence-corrected chi connectivity index (χ1v) is 7.79. The Hall–Kier alpha value is -2.47. The summed E-state index contributed by atoms with van der Waals surface area (Å²) in [4.78, 5) is 12.1. The van der Waals surface area contributed by atoms with Gasteiger partial charge in [0.15, 0.2) is 0 Å². The average Bonchev–Trinajstić information content (AvgIpc) is 3.08. The molecular weight excluding hydrogens is 308 g/mol. The first kappa shape index (κ1) is 17.9. The van der Waals surface area contributed by atoms with E-state index in [1.165, 1.54) is 6.26 Å². The third-order valence-corrected chi connectivity index (χ3v) is 3.84. The lowest BCUT2D eigenvalue weighted by Crippen LogP contribution is -2.44. The Morgan fingerprint density at radius 3 is 2.79 bits per heavy atom. The number of urea groups is 1. The van der Waals surface area contributed by atoms with Gasteiger partial charge in [-0.1, -0.05) is 17.7 Å². The maximum absolute atomic E-state index is 12.1. The molecule has 3 N–H and O–H groups in total. The zero-order valence-corrected chi connectivity index (χ0v) is 14.4. The average molecular weight is 332 g/mol. The molecule has 0 saturated carbocycles. The van der Waals surface area contributed by atoms with Crippen molar-refractivity contribution in [1.29, 1.82) is 0 Å². The molecule has 0 aliphatic carbocycles. The van der Waals surface area contributed by atoms with E-state index in [-0.39, 0.29) is 18.6 Å². The van der Waals surface area contributed by atoms with Gasteiger partial charge in [-0.3, -0.25) is 0 Å². The Morgan fingerprint density at radius 1 is 1.42 bits per heavy atom. The molecule has 1 heterocycles. The summed E-state index contributed by atoms with van der Waals surface area (Å²) in [5.74, 6) is 1.12. The van der Waals surface area contributed by atoms with Crippen LogP contribution >= 0.6 is 0 Å². The first-order valence-electron chi connectivity index (χ1n) is 7.79. The lowest BCUT2D eigenvalue weighted by atomic mass is 10.0. The Morgan fingerprint density at radius 2 is 2.17 bits per heavy atom. The van der Waals surface area contributed by atoms with Gasteiger partial charge in [-0.25, -0.2) is 4.79 Å². The minimum atomic E-state index is -1.27. The van der Waals surface area contributed by atoms with Gasteiger partial charge < -0.3 is 24.9 Å². The van der Waals surface area contributed by atoms with Crippen molar-refractivity contribution in [3.05, 3.63) is 53.5 Å². The van der Waals surface area contributed by atoms with Gasteiger partial charge in [0, 0.05) is 5.56 Å². The molecule has 1 aromatic heterocycles. The van der Waals surface area contributed by atoms with Gasteiger partial charge >= 0.3 is 6.03 Å². The molecule has 2 atom stereocenters. The lowest BCUT2D eigenvalue weighted by Gasteiger charge is -2.23. The Bertz CT molecular complexity index is 680. The summed E-state index contributed by atoms with van der Waals surface area (Å²) >= 11 is 0. The second-order valence-electron chi connectivity index (χ2n) is 6.05. The maximum atomic E-state index is 12.1.